The number of nitrogen functional groups attached to an aromatic ring is 1. The summed E-state index contributed by atoms with van der Waals surface area (Å²) in [6, 6.07) is 4.65. The highest BCUT2D eigenvalue weighted by Crippen LogP contribution is 2.43. The number of nitrogens with zero attached hydrogens (tertiary/aromatic N) is 2. The minimum atomic E-state index is -0.378. The monoisotopic (exact) mass is 307 g/mol. The van der Waals surface area contributed by atoms with Gasteiger partial charge in [0.15, 0.2) is 0 Å². The Balaban J connectivity index is 2.11. The molecule has 3 rings (SSSR count). The van der Waals surface area contributed by atoms with E-state index in [4.69, 9.17) is 17.3 Å². The summed E-state index contributed by atoms with van der Waals surface area (Å²) in [5, 5.41) is 0.351. The molecule has 0 unspecified atom stereocenters. The summed E-state index contributed by atoms with van der Waals surface area (Å²) in [5.41, 5.74) is 7.05. The van der Waals surface area contributed by atoms with E-state index in [0.29, 0.717) is 28.0 Å². The molecule has 5 heteroatoms. The second-order valence-electron chi connectivity index (χ2n) is 5.58. The van der Waals surface area contributed by atoms with Gasteiger partial charge in [-0.1, -0.05) is 31.0 Å². The van der Waals surface area contributed by atoms with Crippen LogP contribution in [0, 0.1) is 5.82 Å². The molecule has 1 saturated carbocycles. The van der Waals surface area contributed by atoms with Crippen LogP contribution >= 0.6 is 11.6 Å². The van der Waals surface area contributed by atoms with Gasteiger partial charge in [-0.3, -0.25) is 0 Å². The molecule has 0 atom stereocenters. The molecular weight excluding hydrogens is 289 g/mol. The van der Waals surface area contributed by atoms with Crippen molar-refractivity contribution in [3.8, 4) is 11.3 Å². The van der Waals surface area contributed by atoms with E-state index in [1.54, 1.807) is 12.1 Å². The lowest BCUT2D eigenvalue weighted by Crippen LogP contribution is -2.06. The molecule has 0 amide bonds. The first-order valence-corrected chi connectivity index (χ1v) is 7.81. The molecule has 1 heterocycles. The maximum Gasteiger partial charge on any atom is 0.134 e. The number of unbranched alkanes of at least 4 members (excludes halogenated alkanes) is 1. The number of imidazole rings is 1. The first kappa shape index (κ1) is 14.4. The van der Waals surface area contributed by atoms with Crippen LogP contribution in [0.1, 0.15) is 44.3 Å². The lowest BCUT2D eigenvalue weighted by molar-refractivity contribution is 0.609. The summed E-state index contributed by atoms with van der Waals surface area (Å²) >= 11 is 6.15. The first-order valence-electron chi connectivity index (χ1n) is 7.43. The highest BCUT2D eigenvalue weighted by Gasteiger charge is 2.31. The molecular formula is C16H19ClFN3. The van der Waals surface area contributed by atoms with Gasteiger partial charge in [0.2, 0.25) is 0 Å². The van der Waals surface area contributed by atoms with Gasteiger partial charge in [0, 0.05) is 12.5 Å². The summed E-state index contributed by atoms with van der Waals surface area (Å²) in [6.45, 7) is 2.96. The molecule has 2 N–H and O–H groups in total. The molecule has 21 heavy (non-hydrogen) atoms. The van der Waals surface area contributed by atoms with E-state index in [1.807, 2.05) is 4.57 Å². The third kappa shape index (κ3) is 2.64. The maximum absolute atomic E-state index is 14.1. The van der Waals surface area contributed by atoms with Crippen molar-refractivity contribution in [2.24, 2.45) is 0 Å². The van der Waals surface area contributed by atoms with Crippen LogP contribution < -0.4 is 5.73 Å². The van der Waals surface area contributed by atoms with Crippen molar-refractivity contribution in [2.45, 2.75) is 45.1 Å². The Morgan fingerprint density at radius 3 is 2.81 bits per heavy atom. The molecule has 1 fully saturated rings. The topological polar surface area (TPSA) is 43.8 Å². The Hall–Kier alpha value is -1.55. The first-order chi connectivity index (χ1) is 10.1. The zero-order valence-corrected chi connectivity index (χ0v) is 12.8. The average Bonchev–Trinajstić information content (AvgIpc) is 3.24. The maximum atomic E-state index is 14.1. The summed E-state index contributed by atoms with van der Waals surface area (Å²) in [6.07, 6.45) is 4.38. The molecule has 1 aromatic carbocycles. The van der Waals surface area contributed by atoms with E-state index in [2.05, 4.69) is 11.9 Å². The third-order valence-corrected chi connectivity index (χ3v) is 4.23. The quantitative estimate of drug-likeness (QED) is 0.877. The zero-order chi connectivity index (χ0) is 15.0. The highest BCUT2D eigenvalue weighted by molar-refractivity contribution is 6.33. The van der Waals surface area contributed by atoms with Crippen molar-refractivity contribution < 1.29 is 4.39 Å². The van der Waals surface area contributed by atoms with Crippen LogP contribution in [-0.2, 0) is 6.54 Å². The predicted molar refractivity (Wildman–Crippen MR) is 83.9 cm³/mol. The fourth-order valence-electron chi connectivity index (χ4n) is 2.60. The second-order valence-corrected chi connectivity index (χ2v) is 5.99. The molecule has 0 aliphatic heterocycles. The molecule has 1 aromatic heterocycles. The summed E-state index contributed by atoms with van der Waals surface area (Å²) in [5.74, 6) is 1.59. The van der Waals surface area contributed by atoms with Crippen LogP contribution in [0.25, 0.3) is 11.3 Å². The molecule has 112 valence electrons. The number of halogens is 2. The van der Waals surface area contributed by atoms with Crippen molar-refractivity contribution in [1.82, 2.24) is 9.55 Å². The van der Waals surface area contributed by atoms with Crippen molar-refractivity contribution in [1.29, 1.82) is 0 Å². The molecule has 0 bridgehead atoms. The number of hydrogen-bond acceptors (Lipinski definition) is 2. The lowest BCUT2D eigenvalue weighted by Gasteiger charge is -2.09. The van der Waals surface area contributed by atoms with Gasteiger partial charge in [0.25, 0.3) is 0 Å². The van der Waals surface area contributed by atoms with Crippen molar-refractivity contribution in [3.05, 3.63) is 34.9 Å². The fourth-order valence-corrected chi connectivity index (χ4v) is 2.85. The van der Waals surface area contributed by atoms with Crippen molar-refractivity contribution in [2.75, 3.05) is 5.73 Å². The second kappa shape index (κ2) is 5.68. The molecule has 0 radical (unpaired) electrons. The predicted octanol–water partition coefficient (Wildman–Crippen LogP) is 4.60. The van der Waals surface area contributed by atoms with Gasteiger partial charge >= 0.3 is 0 Å². The minimum Gasteiger partial charge on any atom is -0.383 e. The van der Waals surface area contributed by atoms with Crippen molar-refractivity contribution in [3.63, 3.8) is 0 Å². The van der Waals surface area contributed by atoms with Gasteiger partial charge in [-0.25, -0.2) is 9.37 Å². The van der Waals surface area contributed by atoms with Gasteiger partial charge in [-0.05, 0) is 31.4 Å². The van der Waals surface area contributed by atoms with Gasteiger partial charge < -0.3 is 10.3 Å². The van der Waals surface area contributed by atoms with E-state index >= 15 is 0 Å². The molecule has 0 spiro atoms. The molecule has 1 aliphatic carbocycles. The fraction of sp³-hybridized carbons (Fsp3) is 0.438. The van der Waals surface area contributed by atoms with Gasteiger partial charge in [-0.2, -0.15) is 0 Å². The largest absolute Gasteiger partial charge is 0.383 e. The van der Waals surface area contributed by atoms with Gasteiger partial charge in [0.05, 0.1) is 10.6 Å². The summed E-state index contributed by atoms with van der Waals surface area (Å²) in [4.78, 5) is 4.63. The van der Waals surface area contributed by atoms with Crippen LogP contribution in [0.3, 0.4) is 0 Å². The Morgan fingerprint density at radius 2 is 2.19 bits per heavy atom. The number of rotatable bonds is 5. The van der Waals surface area contributed by atoms with E-state index in [1.165, 1.54) is 6.07 Å². The summed E-state index contributed by atoms with van der Waals surface area (Å²) in [7, 11) is 0. The zero-order valence-electron chi connectivity index (χ0n) is 12.1. The Kier molecular flexibility index (Phi) is 3.89. The Bertz CT molecular complexity index is 642. The number of benzene rings is 1. The third-order valence-electron chi connectivity index (χ3n) is 3.91. The van der Waals surface area contributed by atoms with Crippen molar-refractivity contribution >= 4 is 17.4 Å². The number of anilines is 1. The molecule has 3 nitrogen and oxygen atoms in total. The Morgan fingerprint density at radius 1 is 1.43 bits per heavy atom. The SMILES string of the molecule is CCCCn1c(C2CC2)nc(-c2c(F)cccc2Cl)c1N. The smallest absolute Gasteiger partial charge is 0.134 e. The van der Waals surface area contributed by atoms with Crippen LogP contribution in [0.2, 0.25) is 5.02 Å². The molecule has 2 aromatic rings. The van der Waals surface area contributed by atoms with E-state index in [-0.39, 0.29) is 5.82 Å². The van der Waals surface area contributed by atoms with E-state index in [0.717, 1.165) is 38.1 Å². The highest BCUT2D eigenvalue weighted by atomic mass is 35.5. The standard InChI is InChI=1S/C16H19ClFN3/c1-2-3-9-21-15(19)14(20-16(21)10-7-8-10)13-11(17)5-4-6-12(13)18/h4-6,10H,2-3,7-9,19H2,1H3. The van der Waals surface area contributed by atoms with Gasteiger partial charge in [-0.15, -0.1) is 0 Å². The van der Waals surface area contributed by atoms with E-state index in [9.17, 15) is 4.39 Å². The number of aromatic nitrogens is 2. The molecule has 0 saturated heterocycles. The Labute approximate surface area is 128 Å². The van der Waals surface area contributed by atoms with E-state index < -0.39 is 0 Å². The summed E-state index contributed by atoms with van der Waals surface area (Å²) < 4.78 is 16.2. The lowest BCUT2D eigenvalue weighted by atomic mass is 10.1. The number of nitrogens with two attached hydrogens (primary N) is 1. The van der Waals surface area contributed by atoms with Crippen LogP contribution in [0.5, 0.6) is 0 Å². The van der Waals surface area contributed by atoms with Crippen LogP contribution in [0.15, 0.2) is 18.2 Å². The normalized spacial score (nSPS) is 14.6. The minimum absolute atomic E-state index is 0.314. The number of hydrogen-bond donors (Lipinski definition) is 1. The van der Waals surface area contributed by atoms with Gasteiger partial charge in [0.1, 0.15) is 23.2 Å². The van der Waals surface area contributed by atoms with Crippen LogP contribution in [-0.4, -0.2) is 9.55 Å². The van der Waals surface area contributed by atoms with Crippen LogP contribution in [0.4, 0.5) is 10.2 Å². The average molecular weight is 308 g/mol. The molecule has 1 aliphatic rings.